The number of nitrogens with zero attached hydrogens (tertiary/aromatic N) is 1. The van der Waals surface area contributed by atoms with Crippen molar-refractivity contribution in [1.82, 2.24) is 5.32 Å². The molecular weight excluding hydrogens is 504 g/mol. The third-order valence-corrected chi connectivity index (χ3v) is 7.71. The number of hydrogen-bond acceptors (Lipinski definition) is 4. The molecule has 0 bridgehead atoms. The number of amides is 1. The molecule has 1 unspecified atom stereocenters. The molecule has 1 atom stereocenters. The second kappa shape index (κ2) is 9.19. The van der Waals surface area contributed by atoms with E-state index in [4.69, 9.17) is 4.74 Å². The summed E-state index contributed by atoms with van der Waals surface area (Å²) in [5.74, 6) is 0.326. The molecule has 0 aliphatic carbocycles. The van der Waals surface area contributed by atoms with Gasteiger partial charge in [0.05, 0.1) is 16.6 Å². The van der Waals surface area contributed by atoms with Gasteiger partial charge in [0.25, 0.3) is 10.0 Å². The first kappa shape index (κ1) is 23.3. The Morgan fingerprint density at radius 2 is 1.76 bits per heavy atom. The molecule has 33 heavy (non-hydrogen) atoms. The van der Waals surface area contributed by atoms with Crippen molar-refractivity contribution < 1.29 is 17.9 Å². The molecule has 3 aromatic carbocycles. The Bertz CT molecular complexity index is 1260. The normalized spacial score (nSPS) is 16.9. The first-order valence-corrected chi connectivity index (χ1v) is 12.8. The second-order valence-electron chi connectivity index (χ2n) is 8.53. The zero-order valence-corrected chi connectivity index (χ0v) is 20.8. The van der Waals surface area contributed by atoms with E-state index >= 15 is 0 Å². The van der Waals surface area contributed by atoms with Crippen molar-refractivity contribution in [3.63, 3.8) is 0 Å². The van der Waals surface area contributed by atoms with E-state index in [1.807, 2.05) is 38.1 Å². The molecule has 1 aliphatic heterocycles. The quantitative estimate of drug-likeness (QED) is 0.484. The van der Waals surface area contributed by atoms with Crippen molar-refractivity contribution >= 4 is 37.5 Å². The van der Waals surface area contributed by atoms with Crippen molar-refractivity contribution in [2.24, 2.45) is 0 Å². The van der Waals surface area contributed by atoms with Crippen LogP contribution in [0.2, 0.25) is 0 Å². The van der Waals surface area contributed by atoms with Gasteiger partial charge in [-0.1, -0.05) is 58.4 Å². The third kappa shape index (κ3) is 5.23. The van der Waals surface area contributed by atoms with Crippen LogP contribution in [-0.2, 0) is 14.8 Å². The van der Waals surface area contributed by atoms with Gasteiger partial charge in [-0.15, -0.1) is 0 Å². The van der Waals surface area contributed by atoms with E-state index in [2.05, 4.69) is 21.2 Å². The highest BCUT2D eigenvalue weighted by Gasteiger charge is 2.35. The molecule has 0 aromatic heterocycles. The maximum Gasteiger partial charge on any atom is 0.264 e. The second-order valence-corrected chi connectivity index (χ2v) is 11.3. The van der Waals surface area contributed by atoms with Crippen LogP contribution in [-0.4, -0.2) is 26.5 Å². The highest BCUT2D eigenvalue weighted by molar-refractivity contribution is 9.10. The lowest BCUT2D eigenvalue weighted by molar-refractivity contribution is -0.120. The van der Waals surface area contributed by atoms with Crippen LogP contribution in [0.25, 0.3) is 0 Å². The van der Waals surface area contributed by atoms with Gasteiger partial charge >= 0.3 is 0 Å². The van der Waals surface area contributed by atoms with Gasteiger partial charge in [-0.3, -0.25) is 9.10 Å². The van der Waals surface area contributed by atoms with Crippen LogP contribution in [0.1, 0.15) is 31.9 Å². The molecular formula is C25H25BrN2O4S. The fraction of sp³-hybridized carbons (Fsp3) is 0.240. The van der Waals surface area contributed by atoms with Crippen LogP contribution in [0.5, 0.6) is 5.75 Å². The predicted molar refractivity (Wildman–Crippen MR) is 132 cm³/mol. The minimum Gasteiger partial charge on any atom is -0.487 e. The number of benzene rings is 3. The number of ether oxygens (including phenoxy) is 1. The number of carbonyl (C=O) groups is 1. The highest BCUT2D eigenvalue weighted by Crippen LogP contribution is 2.39. The molecule has 1 amide bonds. The number of nitrogens with one attached hydrogen (secondary N) is 1. The number of sulfonamides is 1. The average molecular weight is 529 g/mol. The lowest BCUT2D eigenvalue weighted by Gasteiger charge is -2.38. The molecule has 0 saturated heterocycles. The first-order chi connectivity index (χ1) is 15.7. The van der Waals surface area contributed by atoms with Gasteiger partial charge in [0.1, 0.15) is 17.9 Å². The Morgan fingerprint density at radius 1 is 1.06 bits per heavy atom. The average Bonchev–Trinajstić information content (AvgIpc) is 2.77. The maximum absolute atomic E-state index is 13.5. The predicted octanol–water partition coefficient (Wildman–Crippen LogP) is 5.06. The summed E-state index contributed by atoms with van der Waals surface area (Å²) >= 11 is 3.39. The monoisotopic (exact) mass is 528 g/mol. The van der Waals surface area contributed by atoms with Crippen LogP contribution in [0, 0.1) is 0 Å². The van der Waals surface area contributed by atoms with Crippen molar-refractivity contribution in [2.75, 3.05) is 10.8 Å². The number of fused-ring (bicyclic) bond motifs is 1. The standard InChI is InChI=1S/C25H25BrN2O4S/c1-25(2)16-22(21-13-6-7-14-23(21)32-25)27-24(29)17-28(19-10-8-9-18(26)15-19)33(30,31)20-11-4-3-5-12-20/h3-15,22H,16-17H2,1-2H3,(H,27,29). The molecule has 1 N–H and O–H groups in total. The van der Waals surface area contributed by atoms with E-state index in [1.165, 1.54) is 12.1 Å². The Balaban J connectivity index is 1.64. The number of para-hydroxylation sites is 1. The lowest BCUT2D eigenvalue weighted by Crippen LogP contribution is -2.45. The molecule has 6 nitrogen and oxygen atoms in total. The molecule has 0 spiro atoms. The number of rotatable bonds is 6. The summed E-state index contributed by atoms with van der Waals surface area (Å²) in [6.07, 6.45) is 0.568. The summed E-state index contributed by atoms with van der Waals surface area (Å²) in [6, 6.07) is 22.3. The fourth-order valence-electron chi connectivity index (χ4n) is 3.97. The van der Waals surface area contributed by atoms with Crippen molar-refractivity contribution in [1.29, 1.82) is 0 Å². The summed E-state index contributed by atoms with van der Waals surface area (Å²) in [4.78, 5) is 13.3. The molecule has 0 saturated carbocycles. The SMILES string of the molecule is CC1(C)CC(NC(=O)CN(c2cccc(Br)c2)S(=O)(=O)c2ccccc2)c2ccccc2O1. The lowest BCUT2D eigenvalue weighted by atomic mass is 9.89. The van der Waals surface area contributed by atoms with Gasteiger partial charge in [0.15, 0.2) is 0 Å². The summed E-state index contributed by atoms with van der Waals surface area (Å²) in [5, 5.41) is 3.03. The van der Waals surface area contributed by atoms with E-state index in [9.17, 15) is 13.2 Å². The highest BCUT2D eigenvalue weighted by atomic mass is 79.9. The van der Waals surface area contributed by atoms with E-state index < -0.39 is 21.5 Å². The Labute approximate surface area is 202 Å². The summed E-state index contributed by atoms with van der Waals surface area (Å²) < 4.78 is 34.9. The number of carbonyl (C=O) groups excluding carboxylic acids is 1. The number of hydrogen-bond donors (Lipinski definition) is 1. The Hall–Kier alpha value is -2.84. The van der Waals surface area contributed by atoms with Gasteiger partial charge in [-0.05, 0) is 50.2 Å². The van der Waals surface area contributed by atoms with E-state index in [-0.39, 0.29) is 17.5 Å². The molecule has 172 valence electrons. The Kier molecular flexibility index (Phi) is 6.50. The molecule has 0 radical (unpaired) electrons. The van der Waals surface area contributed by atoms with Crippen LogP contribution in [0.15, 0.2) is 88.2 Å². The fourth-order valence-corrected chi connectivity index (χ4v) is 5.79. The molecule has 1 aliphatic rings. The van der Waals surface area contributed by atoms with Gasteiger partial charge < -0.3 is 10.1 Å². The van der Waals surface area contributed by atoms with Crippen LogP contribution >= 0.6 is 15.9 Å². The van der Waals surface area contributed by atoms with Gasteiger partial charge in [0.2, 0.25) is 5.91 Å². The molecule has 4 rings (SSSR count). The van der Waals surface area contributed by atoms with Crippen LogP contribution in [0.3, 0.4) is 0 Å². The van der Waals surface area contributed by atoms with Crippen molar-refractivity contribution in [2.45, 2.75) is 36.8 Å². The van der Waals surface area contributed by atoms with Gasteiger partial charge in [-0.2, -0.15) is 0 Å². The minimum atomic E-state index is -3.96. The Morgan fingerprint density at radius 3 is 2.48 bits per heavy atom. The molecule has 8 heteroatoms. The largest absolute Gasteiger partial charge is 0.487 e. The van der Waals surface area contributed by atoms with Crippen molar-refractivity contribution in [3.05, 3.63) is 88.9 Å². The summed E-state index contributed by atoms with van der Waals surface area (Å²) in [6.45, 7) is 3.58. The minimum absolute atomic E-state index is 0.121. The van der Waals surface area contributed by atoms with E-state index in [0.717, 1.165) is 15.6 Å². The molecule has 3 aromatic rings. The summed E-state index contributed by atoms with van der Waals surface area (Å²) in [5.41, 5.74) is 0.813. The van der Waals surface area contributed by atoms with Gasteiger partial charge in [0, 0.05) is 16.5 Å². The van der Waals surface area contributed by atoms with Crippen molar-refractivity contribution in [3.8, 4) is 5.75 Å². The molecule has 0 fully saturated rings. The van der Waals surface area contributed by atoms with E-state index in [1.54, 1.807) is 42.5 Å². The zero-order valence-electron chi connectivity index (χ0n) is 18.4. The third-order valence-electron chi connectivity index (χ3n) is 5.43. The number of halogens is 1. The number of anilines is 1. The molecule has 1 heterocycles. The van der Waals surface area contributed by atoms with Crippen LogP contribution < -0.4 is 14.4 Å². The topological polar surface area (TPSA) is 75.7 Å². The summed E-state index contributed by atoms with van der Waals surface area (Å²) in [7, 11) is -3.96. The maximum atomic E-state index is 13.5. The zero-order chi connectivity index (χ0) is 23.6. The van der Waals surface area contributed by atoms with Crippen LogP contribution in [0.4, 0.5) is 5.69 Å². The van der Waals surface area contributed by atoms with Gasteiger partial charge in [-0.25, -0.2) is 8.42 Å². The van der Waals surface area contributed by atoms with E-state index in [0.29, 0.717) is 16.6 Å². The first-order valence-electron chi connectivity index (χ1n) is 10.6. The smallest absolute Gasteiger partial charge is 0.264 e.